The number of non-ortho nitro benzene ring substituents is 1. The number of hydrogen-bond donors (Lipinski definition) is 0. The molecule has 27 heavy (non-hydrogen) atoms. The largest absolute Gasteiger partial charge is 0.464 e. The zero-order valence-corrected chi connectivity index (χ0v) is 15.4. The van der Waals surface area contributed by atoms with Crippen LogP contribution in [0.1, 0.15) is 18.9 Å². The lowest BCUT2D eigenvalue weighted by atomic mass is 10.1. The highest BCUT2D eigenvalue weighted by atomic mass is 32.2. The molecule has 1 atom stereocenters. The number of hydrogen-bond acceptors (Lipinski definition) is 7. The number of carbonyl (C=O) groups is 1. The minimum atomic E-state index is -4.39. The summed E-state index contributed by atoms with van der Waals surface area (Å²) in [6.07, 6.45) is -0.874. The molecule has 0 aromatic heterocycles. The van der Waals surface area contributed by atoms with Gasteiger partial charge in [0.2, 0.25) is 0 Å². The summed E-state index contributed by atoms with van der Waals surface area (Å²) in [7, 11) is -4.39. The summed E-state index contributed by atoms with van der Waals surface area (Å²) in [5, 5.41) is 10.9. The van der Waals surface area contributed by atoms with E-state index in [1.807, 2.05) is 30.3 Å². The molecule has 0 aliphatic heterocycles. The van der Waals surface area contributed by atoms with Crippen molar-refractivity contribution in [3.8, 4) is 0 Å². The highest BCUT2D eigenvalue weighted by Gasteiger charge is 2.29. The maximum absolute atomic E-state index is 12.5. The summed E-state index contributed by atoms with van der Waals surface area (Å²) in [5.74, 6) is -0.803. The first-order valence-electron chi connectivity index (χ1n) is 8.22. The fourth-order valence-corrected chi connectivity index (χ4v) is 3.45. The molecular formula is C18H19NO7S. The van der Waals surface area contributed by atoms with Crippen LogP contribution in [0.3, 0.4) is 0 Å². The molecule has 0 N–H and O–H groups in total. The fourth-order valence-electron chi connectivity index (χ4n) is 2.34. The number of nitro benzene ring substituents is 1. The Bertz CT molecular complexity index is 897. The standard InChI is InChI=1S/C18H19NO7S/c1-2-25-18(20)17(12-11-14-7-4-3-5-8-14)26-27(23,24)16-10-6-9-15(13-16)19(21)22/h3-10,13,17H,2,11-12H2,1H3/t17-/m1/s1. The van der Waals surface area contributed by atoms with Crippen molar-refractivity contribution < 1.29 is 27.1 Å². The fraction of sp³-hybridized carbons (Fsp3) is 0.278. The molecule has 2 aromatic rings. The van der Waals surface area contributed by atoms with Crippen LogP contribution in [0.4, 0.5) is 5.69 Å². The van der Waals surface area contributed by atoms with Crippen LogP contribution >= 0.6 is 0 Å². The second-order valence-electron chi connectivity index (χ2n) is 5.57. The van der Waals surface area contributed by atoms with Gasteiger partial charge < -0.3 is 4.74 Å². The Hall–Kier alpha value is -2.78. The minimum absolute atomic E-state index is 0.0703. The van der Waals surface area contributed by atoms with E-state index in [9.17, 15) is 23.3 Å². The first-order valence-corrected chi connectivity index (χ1v) is 9.62. The molecule has 0 fully saturated rings. The monoisotopic (exact) mass is 393 g/mol. The second kappa shape index (κ2) is 9.24. The van der Waals surface area contributed by atoms with Crippen molar-refractivity contribution in [3.05, 3.63) is 70.3 Å². The predicted molar refractivity (Wildman–Crippen MR) is 96.6 cm³/mol. The van der Waals surface area contributed by atoms with E-state index in [1.54, 1.807) is 6.92 Å². The van der Waals surface area contributed by atoms with Crippen molar-refractivity contribution in [1.29, 1.82) is 0 Å². The zero-order chi connectivity index (χ0) is 19.9. The molecule has 2 aromatic carbocycles. The molecule has 144 valence electrons. The van der Waals surface area contributed by atoms with Crippen LogP contribution in [0.5, 0.6) is 0 Å². The van der Waals surface area contributed by atoms with E-state index >= 15 is 0 Å². The van der Waals surface area contributed by atoms with E-state index in [0.717, 1.165) is 17.7 Å². The Balaban J connectivity index is 2.20. The zero-order valence-electron chi connectivity index (χ0n) is 14.6. The third kappa shape index (κ3) is 5.87. The van der Waals surface area contributed by atoms with Crippen molar-refractivity contribution in [2.45, 2.75) is 30.8 Å². The van der Waals surface area contributed by atoms with Gasteiger partial charge in [0, 0.05) is 12.1 Å². The number of rotatable bonds is 9. The van der Waals surface area contributed by atoms with Gasteiger partial charge in [0.25, 0.3) is 15.8 Å². The van der Waals surface area contributed by atoms with E-state index in [1.165, 1.54) is 12.1 Å². The third-order valence-corrected chi connectivity index (χ3v) is 4.96. The van der Waals surface area contributed by atoms with Gasteiger partial charge in [-0.1, -0.05) is 36.4 Å². The van der Waals surface area contributed by atoms with Crippen LogP contribution in [0, 0.1) is 10.1 Å². The molecule has 0 spiro atoms. The van der Waals surface area contributed by atoms with Gasteiger partial charge >= 0.3 is 5.97 Å². The molecule has 0 aliphatic carbocycles. The van der Waals surface area contributed by atoms with Gasteiger partial charge in [0.1, 0.15) is 4.90 Å². The molecule has 0 aliphatic rings. The van der Waals surface area contributed by atoms with Gasteiger partial charge in [-0.3, -0.25) is 14.3 Å². The van der Waals surface area contributed by atoms with Gasteiger partial charge in [0.05, 0.1) is 11.5 Å². The van der Waals surface area contributed by atoms with E-state index in [2.05, 4.69) is 0 Å². The maximum Gasteiger partial charge on any atom is 0.336 e. The molecule has 8 nitrogen and oxygen atoms in total. The van der Waals surface area contributed by atoms with Crippen molar-refractivity contribution in [1.82, 2.24) is 0 Å². The molecule has 0 saturated heterocycles. The van der Waals surface area contributed by atoms with E-state index in [4.69, 9.17) is 8.92 Å². The Morgan fingerprint density at radius 2 is 1.85 bits per heavy atom. The lowest BCUT2D eigenvalue weighted by Crippen LogP contribution is -2.30. The van der Waals surface area contributed by atoms with Crippen molar-refractivity contribution in [2.75, 3.05) is 6.61 Å². The topological polar surface area (TPSA) is 113 Å². The van der Waals surface area contributed by atoms with Gasteiger partial charge in [-0.15, -0.1) is 0 Å². The quantitative estimate of drug-likeness (QED) is 0.279. The number of benzene rings is 2. The van der Waals surface area contributed by atoms with Crippen molar-refractivity contribution in [2.24, 2.45) is 0 Å². The summed E-state index contributed by atoms with van der Waals surface area (Å²) in [5.41, 5.74) is 0.514. The molecular weight excluding hydrogens is 374 g/mol. The first kappa shape index (κ1) is 20.5. The molecule has 9 heteroatoms. The predicted octanol–water partition coefficient (Wildman–Crippen LogP) is 2.86. The summed E-state index contributed by atoms with van der Waals surface area (Å²) < 4.78 is 34.9. The molecule has 0 radical (unpaired) electrons. The van der Waals surface area contributed by atoms with Crippen LogP contribution in [-0.2, 0) is 30.3 Å². The third-order valence-electron chi connectivity index (χ3n) is 3.65. The van der Waals surface area contributed by atoms with Crippen LogP contribution in [0.15, 0.2) is 59.5 Å². The summed E-state index contributed by atoms with van der Waals surface area (Å²) in [6.45, 7) is 1.67. The first-order chi connectivity index (χ1) is 12.8. The van der Waals surface area contributed by atoms with Crippen LogP contribution in [0.2, 0.25) is 0 Å². The number of nitro groups is 1. The Morgan fingerprint density at radius 3 is 2.48 bits per heavy atom. The minimum Gasteiger partial charge on any atom is -0.464 e. The van der Waals surface area contributed by atoms with Gasteiger partial charge in [-0.25, -0.2) is 4.79 Å². The molecule has 0 unspecified atom stereocenters. The molecule has 0 saturated carbocycles. The van der Waals surface area contributed by atoms with E-state index in [0.29, 0.717) is 6.42 Å². The van der Waals surface area contributed by atoms with Gasteiger partial charge in [-0.2, -0.15) is 8.42 Å². The van der Waals surface area contributed by atoms with Crippen LogP contribution in [0.25, 0.3) is 0 Å². The summed E-state index contributed by atoms with van der Waals surface area (Å²) in [4.78, 5) is 21.9. The lowest BCUT2D eigenvalue weighted by Gasteiger charge is -2.16. The highest BCUT2D eigenvalue weighted by molar-refractivity contribution is 7.86. The Labute approximate surface area is 157 Å². The number of esters is 1. The Morgan fingerprint density at radius 1 is 1.15 bits per heavy atom. The maximum atomic E-state index is 12.5. The molecule has 2 rings (SSSR count). The van der Waals surface area contributed by atoms with Gasteiger partial charge in [0.15, 0.2) is 6.10 Å². The van der Waals surface area contributed by atoms with Crippen LogP contribution < -0.4 is 0 Å². The number of carbonyl (C=O) groups excluding carboxylic acids is 1. The van der Waals surface area contributed by atoms with Gasteiger partial charge in [-0.05, 0) is 31.4 Å². The number of aryl methyl sites for hydroxylation is 1. The van der Waals surface area contributed by atoms with Crippen molar-refractivity contribution in [3.63, 3.8) is 0 Å². The highest BCUT2D eigenvalue weighted by Crippen LogP contribution is 2.22. The molecule has 0 amide bonds. The second-order valence-corrected chi connectivity index (χ2v) is 7.14. The Kier molecular flexibility index (Phi) is 7.03. The molecule has 0 bridgehead atoms. The average molecular weight is 393 g/mol. The van der Waals surface area contributed by atoms with E-state index < -0.39 is 37.7 Å². The number of ether oxygens (including phenoxy) is 1. The average Bonchev–Trinajstić information content (AvgIpc) is 2.66. The lowest BCUT2D eigenvalue weighted by molar-refractivity contribution is -0.385. The SMILES string of the molecule is CCOC(=O)[C@@H](CCc1ccccc1)OS(=O)(=O)c1cccc([N+](=O)[O-])c1. The number of nitrogens with zero attached hydrogens (tertiary/aromatic N) is 1. The van der Waals surface area contributed by atoms with E-state index in [-0.39, 0.29) is 13.0 Å². The normalized spacial score (nSPS) is 12.3. The van der Waals surface area contributed by atoms with Crippen LogP contribution in [-0.4, -0.2) is 32.0 Å². The summed E-state index contributed by atoms with van der Waals surface area (Å²) in [6, 6.07) is 13.6. The smallest absolute Gasteiger partial charge is 0.336 e. The molecule has 0 heterocycles. The summed E-state index contributed by atoms with van der Waals surface area (Å²) >= 11 is 0. The van der Waals surface area contributed by atoms with Crippen molar-refractivity contribution >= 4 is 21.8 Å².